The summed E-state index contributed by atoms with van der Waals surface area (Å²) in [6, 6.07) is 28.3. The van der Waals surface area contributed by atoms with Gasteiger partial charge in [0.2, 0.25) is 11.8 Å². The Kier molecular flexibility index (Phi) is 11.4. The number of carbonyl (C=O) groups is 3. The zero-order valence-electron chi connectivity index (χ0n) is 34.5. The number of halogens is 1. The minimum Gasteiger partial charge on any atom is -0.508 e. The molecule has 5 heterocycles. The molecule has 1 atom stereocenters. The Morgan fingerprint density at radius 3 is 2.18 bits per heavy atom. The summed E-state index contributed by atoms with van der Waals surface area (Å²) in [5.41, 5.74) is 6.67. The first-order valence-electron chi connectivity index (χ1n) is 22.2. The maximum absolute atomic E-state index is 14.3. The number of anilines is 1. The van der Waals surface area contributed by atoms with Crippen molar-refractivity contribution in [1.29, 1.82) is 0 Å². The van der Waals surface area contributed by atoms with E-state index in [-0.39, 0.29) is 35.4 Å². The molecule has 10 heteroatoms. The summed E-state index contributed by atoms with van der Waals surface area (Å²) in [6.07, 6.45) is 12.5. The number of hydrogen-bond acceptors (Lipinski definition) is 7. The number of nitrogens with one attached hydrogen (secondary N) is 1. The molecule has 1 unspecified atom stereocenters. The molecule has 0 aromatic heterocycles. The van der Waals surface area contributed by atoms with Crippen molar-refractivity contribution in [3.63, 3.8) is 0 Å². The van der Waals surface area contributed by atoms with E-state index in [1.165, 1.54) is 48.8 Å². The average Bonchev–Trinajstić information content (AvgIpc) is 3.79. The topological polar surface area (TPSA) is 102 Å². The highest BCUT2D eigenvalue weighted by Gasteiger charge is 2.50. The molecule has 5 aliphatic heterocycles. The van der Waals surface area contributed by atoms with Gasteiger partial charge in [0.05, 0.1) is 18.8 Å². The molecule has 4 aromatic carbocycles. The van der Waals surface area contributed by atoms with Crippen LogP contribution in [0.2, 0.25) is 0 Å². The molecule has 3 saturated heterocycles. The smallest absolute Gasteiger partial charge is 0.255 e. The largest absolute Gasteiger partial charge is 0.508 e. The number of para-hydroxylation sites is 1. The van der Waals surface area contributed by atoms with Gasteiger partial charge in [-0.25, -0.2) is 4.39 Å². The van der Waals surface area contributed by atoms with Crippen LogP contribution >= 0.6 is 0 Å². The van der Waals surface area contributed by atoms with Crippen LogP contribution in [-0.4, -0.2) is 78.0 Å². The summed E-state index contributed by atoms with van der Waals surface area (Å²) in [7, 11) is 0. The van der Waals surface area contributed by atoms with Crippen LogP contribution in [0.5, 0.6) is 11.5 Å². The molecule has 314 valence electrons. The predicted molar refractivity (Wildman–Crippen MR) is 230 cm³/mol. The van der Waals surface area contributed by atoms with E-state index in [0.29, 0.717) is 36.3 Å². The predicted octanol–water partition coefficient (Wildman–Crippen LogP) is 7.97. The Morgan fingerprint density at radius 2 is 1.48 bits per heavy atom. The van der Waals surface area contributed by atoms with Crippen molar-refractivity contribution in [3.8, 4) is 11.5 Å². The third kappa shape index (κ3) is 8.15. The van der Waals surface area contributed by atoms with Gasteiger partial charge in [-0.3, -0.25) is 19.7 Å². The van der Waals surface area contributed by atoms with Crippen molar-refractivity contribution >= 4 is 23.4 Å². The number of carbonyl (C=O) groups excluding carboxylic acids is 3. The number of piperidine rings is 3. The van der Waals surface area contributed by atoms with Gasteiger partial charge in [0, 0.05) is 48.2 Å². The number of aromatic hydroxyl groups is 1. The summed E-state index contributed by atoms with van der Waals surface area (Å²) >= 11 is 0. The second kappa shape index (κ2) is 17.0. The number of nitrogens with zero attached hydrogens (tertiary/aromatic N) is 3. The Hall–Kier alpha value is -5.22. The molecule has 9 nitrogen and oxygen atoms in total. The normalized spacial score (nSPS) is 22.6. The fourth-order valence-electron chi connectivity index (χ4n) is 11.2. The second-order valence-electron chi connectivity index (χ2n) is 18.3. The van der Waals surface area contributed by atoms with Crippen molar-refractivity contribution in [2.24, 2.45) is 11.3 Å². The van der Waals surface area contributed by atoms with Crippen LogP contribution in [0.25, 0.3) is 0 Å². The number of ether oxygens (including phenoxy) is 1. The van der Waals surface area contributed by atoms with Crippen molar-refractivity contribution < 1.29 is 28.6 Å². The minimum atomic E-state index is -0.614. The summed E-state index contributed by atoms with van der Waals surface area (Å²) in [5, 5.41) is 11.6. The van der Waals surface area contributed by atoms with E-state index in [2.05, 4.69) is 21.2 Å². The molecular formula is C50H57FN4O5. The summed E-state index contributed by atoms with van der Waals surface area (Å²) in [5.74, 6) is 1.07. The molecule has 3 amide bonds. The molecule has 1 saturated carbocycles. The van der Waals surface area contributed by atoms with Crippen LogP contribution in [0.3, 0.4) is 0 Å². The fraction of sp³-hybridized carbons (Fsp3) is 0.460. The van der Waals surface area contributed by atoms with Gasteiger partial charge in [-0.1, -0.05) is 60.7 Å². The lowest BCUT2D eigenvalue weighted by molar-refractivity contribution is -0.136. The third-order valence-electron chi connectivity index (χ3n) is 14.5. The number of likely N-dealkylation sites (tertiary alicyclic amines) is 1. The second-order valence-corrected chi connectivity index (χ2v) is 18.3. The van der Waals surface area contributed by atoms with Crippen LogP contribution in [0.1, 0.15) is 96.8 Å². The van der Waals surface area contributed by atoms with Gasteiger partial charge < -0.3 is 24.5 Å². The standard InChI is InChI=1S/C34H39FN4O4.C10H12O.C6H6/c35-26-3-1-2-4-27(26)38-15-9-33(10-16-38)17-22(18-33)19-37-13-11-34(12-14-37)21-43-30-24-20-39(28-7-8-29(40)36-31(28)41)32(42)23(24)5-6-25(30)34;11-10-6-5-8-3-1-2-4-9(8)7-10;1-2-4-6-5-3-1/h1-6,22,28H,7-21H2,(H,36,40,41);5-7,11H,1-4H2;1-6H. The molecule has 0 bridgehead atoms. The lowest BCUT2D eigenvalue weighted by Crippen LogP contribution is -2.52. The van der Waals surface area contributed by atoms with E-state index in [0.717, 1.165) is 87.7 Å². The van der Waals surface area contributed by atoms with E-state index >= 15 is 0 Å². The Bertz CT molecular complexity index is 2180. The Morgan fingerprint density at radius 1 is 0.783 bits per heavy atom. The van der Waals surface area contributed by atoms with Crippen LogP contribution in [-0.2, 0) is 34.4 Å². The van der Waals surface area contributed by atoms with Gasteiger partial charge in [0.15, 0.2) is 0 Å². The van der Waals surface area contributed by atoms with Gasteiger partial charge in [0.25, 0.3) is 5.91 Å². The molecule has 4 aromatic rings. The number of benzene rings is 4. The lowest BCUT2D eigenvalue weighted by Gasteiger charge is -2.54. The van der Waals surface area contributed by atoms with E-state index < -0.39 is 6.04 Å². The van der Waals surface area contributed by atoms with Crippen molar-refractivity contribution in [2.45, 2.75) is 95.1 Å². The quantitative estimate of drug-likeness (QED) is 0.202. The molecule has 60 heavy (non-hydrogen) atoms. The fourth-order valence-corrected chi connectivity index (χ4v) is 11.2. The first-order valence-corrected chi connectivity index (χ1v) is 22.2. The summed E-state index contributed by atoms with van der Waals surface area (Å²) in [6.45, 7) is 6.14. The first kappa shape index (κ1) is 40.2. The van der Waals surface area contributed by atoms with Gasteiger partial charge in [-0.2, -0.15) is 0 Å². The maximum Gasteiger partial charge on any atom is 0.255 e. The molecule has 0 radical (unpaired) electrons. The highest BCUT2D eigenvalue weighted by atomic mass is 19.1. The number of phenols is 1. The third-order valence-corrected chi connectivity index (χ3v) is 14.5. The van der Waals surface area contributed by atoms with Gasteiger partial charge >= 0.3 is 0 Å². The number of hydrogen-bond donors (Lipinski definition) is 2. The SMILES string of the molecule is O=C1CCC(N2Cc3c(ccc4c3OCC43CCN(CC4CC5(CCN(c6ccccc6F)CC5)C4)CC3)C2=O)C(=O)N1.Oc1ccc2c(c1)CCCC2.c1ccccc1. The molecule has 2 aliphatic carbocycles. The zero-order valence-corrected chi connectivity index (χ0v) is 34.5. The summed E-state index contributed by atoms with van der Waals surface area (Å²) in [4.78, 5) is 43.8. The molecule has 11 rings (SSSR count). The zero-order chi connectivity index (χ0) is 41.3. The first-order chi connectivity index (χ1) is 29.2. The van der Waals surface area contributed by atoms with Crippen LogP contribution in [0.15, 0.2) is 91.0 Å². The number of rotatable bonds is 4. The molecular weight excluding hydrogens is 756 g/mol. The lowest BCUT2D eigenvalue weighted by atomic mass is 9.57. The number of imide groups is 1. The Balaban J connectivity index is 0.000000224. The Labute approximate surface area is 352 Å². The van der Waals surface area contributed by atoms with E-state index in [1.807, 2.05) is 66.7 Å². The van der Waals surface area contributed by atoms with E-state index in [1.54, 1.807) is 23.1 Å². The van der Waals surface area contributed by atoms with E-state index in [9.17, 15) is 23.9 Å². The molecule has 2 spiro atoms. The van der Waals surface area contributed by atoms with Crippen molar-refractivity contribution in [2.75, 3.05) is 44.2 Å². The molecule has 2 N–H and O–H groups in total. The van der Waals surface area contributed by atoms with Gasteiger partial charge in [-0.05, 0) is 137 Å². The van der Waals surface area contributed by atoms with E-state index in [4.69, 9.17) is 4.74 Å². The summed E-state index contributed by atoms with van der Waals surface area (Å²) < 4.78 is 20.6. The molecule has 7 aliphatic rings. The highest BCUT2D eigenvalue weighted by molar-refractivity contribution is 6.05. The van der Waals surface area contributed by atoms with Crippen molar-refractivity contribution in [1.82, 2.24) is 15.1 Å². The number of phenolic OH excluding ortho intramolecular Hbond substituents is 1. The monoisotopic (exact) mass is 812 g/mol. The minimum absolute atomic E-state index is 0.0215. The highest BCUT2D eigenvalue weighted by Crippen LogP contribution is 2.54. The number of fused-ring (bicyclic) bond motifs is 5. The van der Waals surface area contributed by atoms with Crippen LogP contribution in [0, 0.1) is 17.2 Å². The number of amides is 3. The molecule has 4 fully saturated rings. The van der Waals surface area contributed by atoms with Crippen molar-refractivity contribution in [3.05, 3.63) is 125 Å². The van der Waals surface area contributed by atoms with Gasteiger partial charge in [-0.15, -0.1) is 0 Å². The average molecular weight is 813 g/mol. The van der Waals surface area contributed by atoms with Gasteiger partial charge in [0.1, 0.15) is 23.4 Å². The maximum atomic E-state index is 14.3. The number of aryl methyl sites for hydroxylation is 2. The van der Waals surface area contributed by atoms with Crippen LogP contribution in [0.4, 0.5) is 10.1 Å². The van der Waals surface area contributed by atoms with Crippen LogP contribution < -0.4 is 15.0 Å².